The number of hydrogen-bond donors (Lipinski definition) is 1. The molecule has 4 rings (SSSR count). The first-order valence-corrected chi connectivity index (χ1v) is 7.56. The van der Waals surface area contributed by atoms with Crippen molar-refractivity contribution in [2.45, 2.75) is 25.0 Å². The molecule has 5 nitrogen and oxygen atoms in total. The first-order chi connectivity index (χ1) is 10.6. The fourth-order valence-electron chi connectivity index (χ4n) is 4.06. The lowest BCUT2D eigenvalue weighted by molar-refractivity contribution is -0.146. The zero-order valence-corrected chi connectivity index (χ0v) is 12.2. The van der Waals surface area contributed by atoms with Gasteiger partial charge in [-0.25, -0.2) is 0 Å². The second-order valence-corrected chi connectivity index (χ2v) is 6.14. The van der Waals surface area contributed by atoms with Crippen LogP contribution in [0.5, 0.6) is 0 Å². The second kappa shape index (κ2) is 4.43. The largest absolute Gasteiger partial charge is 0.481 e. The Kier molecular flexibility index (Phi) is 2.72. The number of ether oxygens (including phenoxy) is 1. The minimum absolute atomic E-state index is 0.139. The van der Waals surface area contributed by atoms with Crippen molar-refractivity contribution in [3.8, 4) is 0 Å². The summed E-state index contributed by atoms with van der Waals surface area (Å²) in [6, 6.07) is 7.76. The van der Waals surface area contributed by atoms with Gasteiger partial charge in [0.2, 0.25) is 5.91 Å². The minimum Gasteiger partial charge on any atom is -0.481 e. The number of aryl methyl sites for hydroxylation is 1. The average molecular weight is 299 g/mol. The number of carbonyl (C=O) groups is 2. The Hall–Kier alpha value is -2.14. The number of para-hydroxylation sites is 1. The van der Waals surface area contributed by atoms with Crippen LogP contribution in [0.3, 0.4) is 0 Å². The van der Waals surface area contributed by atoms with Crippen molar-refractivity contribution >= 4 is 17.6 Å². The van der Waals surface area contributed by atoms with Crippen LogP contribution >= 0.6 is 0 Å². The molecule has 1 amide bonds. The van der Waals surface area contributed by atoms with Crippen molar-refractivity contribution in [1.29, 1.82) is 0 Å². The molecule has 1 N–H and O–H groups in total. The highest BCUT2D eigenvalue weighted by molar-refractivity contribution is 6.03. The van der Waals surface area contributed by atoms with Crippen LogP contribution < -0.4 is 4.90 Å². The van der Waals surface area contributed by atoms with E-state index in [0.29, 0.717) is 6.54 Å². The first-order valence-electron chi connectivity index (χ1n) is 7.56. The van der Waals surface area contributed by atoms with Crippen LogP contribution in [-0.2, 0) is 20.7 Å². The highest BCUT2D eigenvalue weighted by atomic mass is 16.5. The molecule has 0 radical (unpaired) electrons. The Labute approximate surface area is 128 Å². The molecule has 0 aliphatic carbocycles. The van der Waals surface area contributed by atoms with Gasteiger partial charge in [0, 0.05) is 5.69 Å². The summed E-state index contributed by atoms with van der Waals surface area (Å²) >= 11 is 0. The second-order valence-electron chi connectivity index (χ2n) is 6.14. The fourth-order valence-corrected chi connectivity index (χ4v) is 4.06. The number of rotatable bonds is 3. The zero-order valence-electron chi connectivity index (χ0n) is 12.2. The number of fused-ring (bicyclic) bond motifs is 1. The number of carbonyl (C=O) groups excluding carboxylic acids is 1. The summed E-state index contributed by atoms with van der Waals surface area (Å²) in [4.78, 5) is 26.2. The van der Waals surface area contributed by atoms with Crippen molar-refractivity contribution in [2.24, 2.45) is 11.8 Å². The Morgan fingerprint density at radius 1 is 1.45 bits per heavy atom. The highest BCUT2D eigenvalue weighted by Gasteiger charge is 2.67. The lowest BCUT2D eigenvalue weighted by Crippen LogP contribution is -2.39. The SMILES string of the molecule is CCc1ccccc1N1C[C@@]23C=C[C@@H](O2)[C@H](C(=O)O)[C@@H]3C1=O. The van der Waals surface area contributed by atoms with Crippen molar-refractivity contribution in [1.82, 2.24) is 0 Å². The zero-order chi connectivity index (χ0) is 15.5. The molecule has 3 aliphatic heterocycles. The number of benzene rings is 1. The highest BCUT2D eigenvalue weighted by Crippen LogP contribution is 2.52. The topological polar surface area (TPSA) is 66.8 Å². The van der Waals surface area contributed by atoms with Gasteiger partial charge < -0.3 is 14.7 Å². The van der Waals surface area contributed by atoms with Gasteiger partial charge in [-0.05, 0) is 18.1 Å². The molecule has 3 heterocycles. The molecule has 4 atom stereocenters. The molecule has 2 saturated heterocycles. The molecule has 1 aromatic rings. The van der Waals surface area contributed by atoms with Crippen LogP contribution in [0.15, 0.2) is 36.4 Å². The summed E-state index contributed by atoms with van der Waals surface area (Å²) in [6.07, 6.45) is 4.01. The first kappa shape index (κ1) is 13.5. The van der Waals surface area contributed by atoms with E-state index in [4.69, 9.17) is 4.74 Å². The number of carboxylic acid groups (broad SMARTS) is 1. The summed E-state index contributed by atoms with van der Waals surface area (Å²) in [5, 5.41) is 9.47. The number of carboxylic acids is 1. The van der Waals surface area contributed by atoms with E-state index >= 15 is 0 Å². The van der Waals surface area contributed by atoms with Crippen molar-refractivity contribution < 1.29 is 19.4 Å². The maximum Gasteiger partial charge on any atom is 0.310 e. The van der Waals surface area contributed by atoms with Gasteiger partial charge in [-0.15, -0.1) is 0 Å². The smallest absolute Gasteiger partial charge is 0.310 e. The minimum atomic E-state index is -0.958. The summed E-state index contributed by atoms with van der Waals surface area (Å²) in [7, 11) is 0. The molecule has 0 unspecified atom stereocenters. The van der Waals surface area contributed by atoms with Gasteiger partial charge in [0.15, 0.2) is 0 Å². The van der Waals surface area contributed by atoms with Crippen molar-refractivity contribution in [3.63, 3.8) is 0 Å². The van der Waals surface area contributed by atoms with Gasteiger partial charge in [-0.2, -0.15) is 0 Å². The maximum absolute atomic E-state index is 12.9. The van der Waals surface area contributed by atoms with Crippen molar-refractivity contribution in [3.05, 3.63) is 42.0 Å². The third-order valence-electron chi connectivity index (χ3n) is 5.05. The van der Waals surface area contributed by atoms with E-state index in [1.807, 2.05) is 37.3 Å². The molecule has 0 aromatic heterocycles. The predicted molar refractivity (Wildman–Crippen MR) is 79.5 cm³/mol. The Balaban J connectivity index is 1.77. The van der Waals surface area contributed by atoms with Crippen LogP contribution in [0, 0.1) is 11.8 Å². The Morgan fingerprint density at radius 2 is 2.23 bits per heavy atom. The molecule has 2 fully saturated rings. The average Bonchev–Trinajstić information content (AvgIpc) is 3.15. The van der Waals surface area contributed by atoms with Crippen LogP contribution in [0.25, 0.3) is 0 Å². The van der Waals surface area contributed by atoms with Gasteiger partial charge in [-0.3, -0.25) is 9.59 Å². The molecule has 0 saturated carbocycles. The molecule has 5 heteroatoms. The molecule has 3 aliphatic rings. The third-order valence-corrected chi connectivity index (χ3v) is 5.05. The molecule has 114 valence electrons. The van der Waals surface area contributed by atoms with Crippen LogP contribution in [0.2, 0.25) is 0 Å². The monoisotopic (exact) mass is 299 g/mol. The van der Waals surface area contributed by atoms with E-state index in [0.717, 1.165) is 17.7 Å². The standard InChI is InChI=1S/C17H17NO4/c1-2-10-5-3-4-6-11(10)18-9-17-8-7-12(22-17)13(16(20)21)14(17)15(18)19/h3-8,12-14H,2,9H2,1H3,(H,20,21)/t12-,13+,14-,17-/m1/s1. The fraction of sp³-hybridized carbons (Fsp3) is 0.412. The molecule has 2 bridgehead atoms. The van der Waals surface area contributed by atoms with E-state index in [1.54, 1.807) is 11.0 Å². The van der Waals surface area contributed by atoms with E-state index in [2.05, 4.69) is 0 Å². The lowest BCUT2D eigenvalue weighted by atomic mass is 9.77. The summed E-state index contributed by atoms with van der Waals surface area (Å²) in [5.41, 5.74) is 1.17. The van der Waals surface area contributed by atoms with Gasteiger partial charge in [0.25, 0.3) is 0 Å². The third kappa shape index (κ3) is 1.57. The van der Waals surface area contributed by atoms with Crippen LogP contribution in [-0.4, -0.2) is 35.2 Å². The van der Waals surface area contributed by atoms with Gasteiger partial charge in [-0.1, -0.05) is 37.3 Å². The van der Waals surface area contributed by atoms with E-state index in [9.17, 15) is 14.7 Å². The number of hydrogen-bond acceptors (Lipinski definition) is 3. The molecule has 1 aromatic carbocycles. The summed E-state index contributed by atoms with van der Waals surface area (Å²) in [6.45, 7) is 2.44. The van der Waals surface area contributed by atoms with E-state index < -0.39 is 29.5 Å². The molecular formula is C17H17NO4. The normalized spacial score (nSPS) is 35.2. The Bertz CT molecular complexity index is 698. The van der Waals surface area contributed by atoms with Crippen LogP contribution in [0.1, 0.15) is 12.5 Å². The number of anilines is 1. The molecule has 1 spiro atoms. The van der Waals surface area contributed by atoms with E-state index in [1.165, 1.54) is 0 Å². The predicted octanol–water partition coefficient (Wildman–Crippen LogP) is 1.62. The number of nitrogens with zero attached hydrogens (tertiary/aromatic N) is 1. The van der Waals surface area contributed by atoms with E-state index in [-0.39, 0.29) is 5.91 Å². The Morgan fingerprint density at radius 3 is 2.95 bits per heavy atom. The quantitative estimate of drug-likeness (QED) is 0.861. The molecular weight excluding hydrogens is 282 g/mol. The molecule has 22 heavy (non-hydrogen) atoms. The number of aliphatic carboxylic acids is 1. The maximum atomic E-state index is 12.9. The van der Waals surface area contributed by atoms with Crippen molar-refractivity contribution in [2.75, 3.05) is 11.4 Å². The lowest BCUT2D eigenvalue weighted by Gasteiger charge is -2.23. The summed E-state index contributed by atoms with van der Waals surface area (Å²) in [5.74, 6) is -2.50. The number of amides is 1. The van der Waals surface area contributed by atoms with Gasteiger partial charge in [0.05, 0.1) is 18.6 Å². The van der Waals surface area contributed by atoms with Crippen LogP contribution in [0.4, 0.5) is 5.69 Å². The van der Waals surface area contributed by atoms with Gasteiger partial charge >= 0.3 is 5.97 Å². The summed E-state index contributed by atoms with van der Waals surface area (Å²) < 4.78 is 5.90. The van der Waals surface area contributed by atoms with Gasteiger partial charge in [0.1, 0.15) is 11.5 Å².